The summed E-state index contributed by atoms with van der Waals surface area (Å²) in [6.07, 6.45) is 0. The number of hydrogen-bond donors (Lipinski definition) is 2. The van der Waals surface area contributed by atoms with E-state index in [-0.39, 0.29) is 25.6 Å². The number of nitrogens with two attached hydrogens (primary N) is 1. The van der Waals surface area contributed by atoms with Crippen molar-refractivity contribution in [3.05, 3.63) is 11.6 Å². The van der Waals surface area contributed by atoms with Gasteiger partial charge in [0, 0.05) is 12.5 Å². The highest BCUT2D eigenvalue weighted by Crippen LogP contribution is 2.34. The zero-order valence-corrected chi connectivity index (χ0v) is 13.7. The van der Waals surface area contributed by atoms with Gasteiger partial charge in [-0.05, 0) is 13.0 Å². The van der Waals surface area contributed by atoms with Crippen molar-refractivity contribution >= 4 is 37.1 Å². The molecule has 0 spiro atoms. The predicted octanol–water partition coefficient (Wildman–Crippen LogP) is 0.386. The van der Waals surface area contributed by atoms with Crippen LogP contribution >= 0.6 is 11.3 Å². The van der Waals surface area contributed by atoms with E-state index in [2.05, 4.69) is 5.32 Å². The second-order valence-corrected chi connectivity index (χ2v) is 9.49. The van der Waals surface area contributed by atoms with E-state index in [1.165, 1.54) is 19.9 Å². The Hall–Kier alpha value is -0.970. The number of carbonyl (C=O) groups is 1. The summed E-state index contributed by atoms with van der Waals surface area (Å²) in [5.41, 5.74) is 0.232. The maximum absolute atomic E-state index is 12.0. The van der Waals surface area contributed by atoms with Crippen LogP contribution in [0.15, 0.2) is 14.5 Å². The number of rotatable bonds is 5. The van der Waals surface area contributed by atoms with Gasteiger partial charge in [-0.1, -0.05) is 6.92 Å². The molecular formula is C10H16N2O5S3. The van der Waals surface area contributed by atoms with Gasteiger partial charge >= 0.3 is 0 Å². The molecule has 20 heavy (non-hydrogen) atoms. The summed E-state index contributed by atoms with van der Waals surface area (Å²) in [6, 6.07) is 0.568. The topological polar surface area (TPSA) is 123 Å². The normalized spacial score (nSPS) is 14.0. The van der Waals surface area contributed by atoms with Gasteiger partial charge in [0.25, 0.3) is 0 Å². The van der Waals surface area contributed by atoms with Crippen molar-refractivity contribution in [1.82, 2.24) is 5.32 Å². The summed E-state index contributed by atoms with van der Waals surface area (Å²) in [7, 11) is -7.60. The summed E-state index contributed by atoms with van der Waals surface area (Å²) in [6.45, 7) is 4.32. The van der Waals surface area contributed by atoms with Crippen molar-refractivity contribution in [3.63, 3.8) is 0 Å². The second kappa shape index (κ2) is 5.80. The molecular weight excluding hydrogens is 324 g/mol. The minimum atomic E-state index is -3.99. The highest BCUT2D eigenvalue weighted by molar-refractivity contribution is 7.95. The maximum atomic E-state index is 12.0. The Morgan fingerprint density at radius 3 is 2.35 bits per heavy atom. The Balaban J connectivity index is 3.49. The number of primary sulfonamides is 1. The van der Waals surface area contributed by atoms with Crippen molar-refractivity contribution in [3.8, 4) is 0 Å². The Morgan fingerprint density at radius 1 is 1.40 bits per heavy atom. The first-order valence-corrected chi connectivity index (χ1v) is 9.67. The van der Waals surface area contributed by atoms with Crippen LogP contribution in [0, 0.1) is 0 Å². The van der Waals surface area contributed by atoms with Gasteiger partial charge in [0.2, 0.25) is 15.9 Å². The van der Waals surface area contributed by atoms with Crippen LogP contribution in [0.5, 0.6) is 0 Å². The lowest BCUT2D eigenvalue weighted by Crippen LogP contribution is -2.24. The summed E-state index contributed by atoms with van der Waals surface area (Å²) in [5, 5.41) is 7.55. The zero-order chi connectivity index (χ0) is 15.7. The molecule has 0 saturated carbocycles. The minimum Gasteiger partial charge on any atom is -0.350 e. The Bertz CT molecular complexity index is 718. The average Bonchev–Trinajstić information content (AvgIpc) is 2.73. The van der Waals surface area contributed by atoms with Gasteiger partial charge in [-0.15, -0.1) is 11.3 Å². The molecule has 0 fully saturated rings. The van der Waals surface area contributed by atoms with Gasteiger partial charge in [-0.25, -0.2) is 22.0 Å². The van der Waals surface area contributed by atoms with Crippen LogP contribution in [-0.4, -0.2) is 28.5 Å². The lowest BCUT2D eigenvalue weighted by atomic mass is 10.2. The smallest absolute Gasteiger partial charge is 0.247 e. The van der Waals surface area contributed by atoms with Gasteiger partial charge in [0.15, 0.2) is 9.84 Å². The van der Waals surface area contributed by atoms with Crippen molar-refractivity contribution in [2.24, 2.45) is 5.14 Å². The fourth-order valence-corrected chi connectivity index (χ4v) is 5.44. The molecule has 1 unspecified atom stereocenters. The molecule has 1 aromatic heterocycles. The molecule has 1 amide bonds. The van der Waals surface area contributed by atoms with E-state index < -0.39 is 25.9 Å². The van der Waals surface area contributed by atoms with E-state index in [9.17, 15) is 21.6 Å². The number of sulfone groups is 1. The number of amides is 1. The van der Waals surface area contributed by atoms with Crippen LogP contribution in [-0.2, 0) is 24.7 Å². The standard InChI is InChI=1S/C10H16N2O5S3/c1-4-19(14,15)10-8(6(2)12-7(3)13)5-9(18-10)20(11,16)17/h5-6H,4H2,1-3H3,(H,12,13)(H2,11,16,17). The maximum Gasteiger partial charge on any atom is 0.247 e. The third-order valence-electron chi connectivity index (χ3n) is 2.53. The molecule has 0 aliphatic rings. The van der Waals surface area contributed by atoms with Crippen molar-refractivity contribution < 1.29 is 21.6 Å². The molecule has 0 aliphatic carbocycles. The molecule has 1 heterocycles. The van der Waals surface area contributed by atoms with E-state index in [4.69, 9.17) is 5.14 Å². The molecule has 0 aromatic carbocycles. The van der Waals surface area contributed by atoms with Crippen LogP contribution in [0.25, 0.3) is 0 Å². The van der Waals surface area contributed by atoms with Gasteiger partial charge < -0.3 is 5.32 Å². The molecule has 1 aromatic rings. The van der Waals surface area contributed by atoms with E-state index in [0.29, 0.717) is 11.3 Å². The first-order valence-electron chi connectivity index (χ1n) is 5.65. The predicted molar refractivity (Wildman–Crippen MR) is 75.7 cm³/mol. The molecule has 0 bridgehead atoms. The molecule has 1 rings (SSSR count). The van der Waals surface area contributed by atoms with E-state index >= 15 is 0 Å². The number of carbonyl (C=O) groups excluding carboxylic acids is 1. The highest BCUT2D eigenvalue weighted by atomic mass is 32.3. The first-order chi connectivity index (χ1) is 8.99. The van der Waals surface area contributed by atoms with E-state index in [1.807, 2.05) is 0 Å². The lowest BCUT2D eigenvalue weighted by molar-refractivity contribution is -0.119. The molecule has 3 N–H and O–H groups in total. The molecule has 0 radical (unpaired) electrons. The molecule has 0 aliphatic heterocycles. The average molecular weight is 340 g/mol. The lowest BCUT2D eigenvalue weighted by Gasteiger charge is -2.13. The monoisotopic (exact) mass is 340 g/mol. The van der Waals surface area contributed by atoms with E-state index in [0.717, 1.165) is 0 Å². The van der Waals surface area contributed by atoms with Crippen LogP contribution in [0.2, 0.25) is 0 Å². The van der Waals surface area contributed by atoms with Crippen LogP contribution in [0.3, 0.4) is 0 Å². The first kappa shape index (κ1) is 17.1. The van der Waals surface area contributed by atoms with Gasteiger partial charge in [-0.3, -0.25) is 4.79 Å². The third kappa shape index (κ3) is 3.78. The fourth-order valence-electron chi connectivity index (χ4n) is 1.56. The largest absolute Gasteiger partial charge is 0.350 e. The summed E-state index contributed by atoms with van der Waals surface area (Å²) >= 11 is 0.601. The quantitative estimate of drug-likeness (QED) is 0.802. The Kier molecular flexibility index (Phi) is 4.95. The molecule has 7 nitrogen and oxygen atoms in total. The van der Waals surface area contributed by atoms with Gasteiger partial charge in [-0.2, -0.15) is 0 Å². The molecule has 1 atom stereocenters. The highest BCUT2D eigenvalue weighted by Gasteiger charge is 2.27. The number of sulfonamides is 1. The molecule has 114 valence electrons. The molecule has 0 saturated heterocycles. The van der Waals surface area contributed by atoms with Crippen LogP contribution < -0.4 is 10.5 Å². The van der Waals surface area contributed by atoms with Crippen molar-refractivity contribution in [2.75, 3.05) is 5.75 Å². The summed E-state index contributed by atoms with van der Waals surface area (Å²) in [4.78, 5) is 11.1. The number of nitrogens with one attached hydrogen (secondary N) is 1. The number of hydrogen-bond acceptors (Lipinski definition) is 6. The van der Waals surface area contributed by atoms with Gasteiger partial charge in [0.1, 0.15) is 8.42 Å². The van der Waals surface area contributed by atoms with Gasteiger partial charge in [0.05, 0.1) is 11.8 Å². The van der Waals surface area contributed by atoms with Crippen LogP contribution in [0.1, 0.15) is 32.4 Å². The zero-order valence-electron chi connectivity index (χ0n) is 11.2. The Morgan fingerprint density at radius 2 is 1.95 bits per heavy atom. The molecule has 10 heteroatoms. The summed E-state index contributed by atoms with van der Waals surface area (Å²) < 4.78 is 46.4. The van der Waals surface area contributed by atoms with Crippen molar-refractivity contribution in [1.29, 1.82) is 0 Å². The van der Waals surface area contributed by atoms with E-state index in [1.54, 1.807) is 6.92 Å². The number of thiophene rings is 1. The Labute approximate surface area is 122 Å². The fraction of sp³-hybridized carbons (Fsp3) is 0.500. The SMILES string of the molecule is CCS(=O)(=O)c1sc(S(N)(=O)=O)cc1C(C)NC(C)=O. The third-order valence-corrected chi connectivity index (χ3v) is 7.47. The van der Waals surface area contributed by atoms with Crippen LogP contribution in [0.4, 0.5) is 0 Å². The van der Waals surface area contributed by atoms with Crippen molar-refractivity contribution in [2.45, 2.75) is 35.2 Å². The minimum absolute atomic E-state index is 0.0784. The second-order valence-electron chi connectivity index (χ2n) is 4.18. The summed E-state index contributed by atoms with van der Waals surface area (Å²) in [5.74, 6) is -0.516.